The highest BCUT2D eigenvalue weighted by atomic mass is 28.4. The second-order valence-electron chi connectivity index (χ2n) is 11.0. The van der Waals surface area contributed by atoms with Crippen molar-refractivity contribution < 1.29 is 14.0 Å². The van der Waals surface area contributed by atoms with Gasteiger partial charge >= 0.3 is 0 Å². The number of aliphatic hydroxyl groups excluding tert-OH is 1. The number of hydrogen-bond donors (Lipinski definition) is 1. The van der Waals surface area contributed by atoms with E-state index in [-0.39, 0.29) is 34.8 Å². The molecule has 0 rings (SSSR count). The van der Waals surface area contributed by atoms with Crippen LogP contribution in [0.25, 0.3) is 0 Å². The summed E-state index contributed by atoms with van der Waals surface area (Å²) in [5.41, 5.74) is 0.987. The summed E-state index contributed by atoms with van der Waals surface area (Å²) >= 11 is 0. The predicted octanol–water partition coefficient (Wildman–Crippen LogP) is 6.36. The fourth-order valence-corrected chi connectivity index (χ4v) is 5.31. The molecule has 0 aliphatic rings. The molecule has 0 fully saturated rings. The summed E-state index contributed by atoms with van der Waals surface area (Å²) in [7, 11) is -3.81. The molecule has 0 unspecified atom stereocenters. The van der Waals surface area contributed by atoms with E-state index in [0.717, 1.165) is 5.57 Å². The molecular formula is C21H46O3Si2. The van der Waals surface area contributed by atoms with Crippen LogP contribution in [0.1, 0.15) is 62.3 Å². The van der Waals surface area contributed by atoms with Gasteiger partial charge in [0.05, 0.1) is 18.8 Å². The summed E-state index contributed by atoms with van der Waals surface area (Å²) in [5, 5.41) is 9.75. The molecule has 0 aromatic rings. The van der Waals surface area contributed by atoms with Crippen molar-refractivity contribution in [3.63, 3.8) is 0 Å². The zero-order chi connectivity index (χ0) is 21.1. The minimum atomic E-state index is -1.93. The maximum Gasteiger partial charge on any atom is 0.192 e. The van der Waals surface area contributed by atoms with Gasteiger partial charge in [0.15, 0.2) is 16.6 Å². The van der Waals surface area contributed by atoms with Crippen LogP contribution >= 0.6 is 0 Å². The quantitative estimate of drug-likeness (QED) is 0.379. The van der Waals surface area contributed by atoms with Crippen molar-refractivity contribution in [1.29, 1.82) is 0 Å². The van der Waals surface area contributed by atoms with E-state index in [1.807, 2.05) is 6.92 Å². The summed E-state index contributed by atoms with van der Waals surface area (Å²) in [5.74, 6) is 0.191. The standard InChI is InChI=1S/C21H46O3Si2/c1-16(15-22)14-17(2)19(24-26(12,13)21(7,8)9)18(3)23-25(10,11)20(4,5)6/h14,17-19,22H,15H2,1-13H3/b16-14+/t17-,18-,19-/m0/s1. The zero-order valence-electron chi connectivity index (χ0n) is 19.8. The lowest BCUT2D eigenvalue weighted by Crippen LogP contribution is -2.52. The van der Waals surface area contributed by atoms with E-state index in [9.17, 15) is 5.11 Å². The summed E-state index contributed by atoms with van der Waals surface area (Å²) in [6.45, 7) is 29.2. The Labute approximate surface area is 165 Å². The Balaban J connectivity index is 5.72. The van der Waals surface area contributed by atoms with Gasteiger partial charge in [-0.05, 0) is 50.1 Å². The van der Waals surface area contributed by atoms with Crippen molar-refractivity contribution in [2.24, 2.45) is 5.92 Å². The number of rotatable bonds is 8. The fourth-order valence-electron chi connectivity index (χ4n) is 2.45. The van der Waals surface area contributed by atoms with Crippen LogP contribution in [-0.4, -0.2) is 40.6 Å². The van der Waals surface area contributed by atoms with Crippen molar-refractivity contribution in [3.05, 3.63) is 11.6 Å². The van der Waals surface area contributed by atoms with Crippen LogP contribution in [0.3, 0.4) is 0 Å². The molecule has 0 bridgehead atoms. The first-order chi connectivity index (χ1) is 11.4. The summed E-state index contributed by atoms with van der Waals surface area (Å²) in [6.07, 6.45) is 2.15. The van der Waals surface area contributed by atoms with E-state index in [1.54, 1.807) is 0 Å². The molecule has 0 heterocycles. The van der Waals surface area contributed by atoms with E-state index in [1.165, 1.54) is 0 Å². The lowest BCUT2D eigenvalue weighted by atomic mass is 9.98. The molecule has 0 saturated heterocycles. The average Bonchev–Trinajstić information content (AvgIpc) is 2.41. The zero-order valence-corrected chi connectivity index (χ0v) is 21.8. The van der Waals surface area contributed by atoms with Gasteiger partial charge in [0, 0.05) is 5.92 Å². The lowest BCUT2D eigenvalue weighted by Gasteiger charge is -2.45. The van der Waals surface area contributed by atoms with E-state index in [0.29, 0.717) is 0 Å². The van der Waals surface area contributed by atoms with E-state index >= 15 is 0 Å². The maximum atomic E-state index is 9.43. The molecule has 5 heteroatoms. The van der Waals surface area contributed by atoms with Crippen LogP contribution in [-0.2, 0) is 8.85 Å². The Morgan fingerprint density at radius 3 is 1.62 bits per heavy atom. The minimum absolute atomic E-state index is 0.00785. The Kier molecular flexibility index (Phi) is 9.05. The molecule has 0 aliphatic heterocycles. The van der Waals surface area contributed by atoms with Crippen LogP contribution < -0.4 is 0 Å². The van der Waals surface area contributed by atoms with Gasteiger partial charge in [0.2, 0.25) is 0 Å². The third kappa shape index (κ3) is 7.23. The SMILES string of the molecule is C/C(=C\[C@H](C)[C@H](O[Si](C)(C)C(C)(C)C)[C@H](C)O[Si](C)(C)C(C)(C)C)CO. The number of aliphatic hydroxyl groups is 1. The Morgan fingerprint density at radius 1 is 0.885 bits per heavy atom. The molecule has 1 N–H and O–H groups in total. The Morgan fingerprint density at radius 2 is 1.27 bits per heavy atom. The third-order valence-electron chi connectivity index (χ3n) is 6.30. The van der Waals surface area contributed by atoms with Gasteiger partial charge in [-0.3, -0.25) is 0 Å². The summed E-state index contributed by atoms with van der Waals surface area (Å²) < 4.78 is 13.5. The lowest BCUT2D eigenvalue weighted by molar-refractivity contribution is 0.0248. The van der Waals surface area contributed by atoms with Gasteiger partial charge in [-0.25, -0.2) is 0 Å². The summed E-state index contributed by atoms with van der Waals surface area (Å²) in [4.78, 5) is 0. The smallest absolute Gasteiger partial charge is 0.192 e. The first-order valence-corrected chi connectivity index (χ1v) is 15.8. The molecule has 3 nitrogen and oxygen atoms in total. The van der Waals surface area contributed by atoms with Crippen LogP contribution in [0.4, 0.5) is 0 Å². The Bertz CT molecular complexity index is 471. The van der Waals surface area contributed by atoms with Crippen LogP contribution in [0.5, 0.6) is 0 Å². The monoisotopic (exact) mass is 402 g/mol. The van der Waals surface area contributed by atoms with E-state index in [2.05, 4.69) is 87.7 Å². The normalized spacial score (nSPS) is 18.6. The van der Waals surface area contributed by atoms with Crippen molar-refractivity contribution in [2.75, 3.05) is 6.61 Å². The van der Waals surface area contributed by atoms with Crippen molar-refractivity contribution >= 4 is 16.6 Å². The molecule has 0 radical (unpaired) electrons. The maximum absolute atomic E-state index is 9.43. The first-order valence-electron chi connectivity index (χ1n) is 9.99. The predicted molar refractivity (Wildman–Crippen MR) is 120 cm³/mol. The van der Waals surface area contributed by atoms with E-state index in [4.69, 9.17) is 8.85 Å². The highest BCUT2D eigenvalue weighted by molar-refractivity contribution is 6.74. The van der Waals surface area contributed by atoms with Gasteiger partial charge in [0.1, 0.15) is 0 Å². The minimum Gasteiger partial charge on any atom is -0.412 e. The van der Waals surface area contributed by atoms with Crippen molar-refractivity contribution in [3.8, 4) is 0 Å². The Hall–Kier alpha value is 0.0538. The molecule has 156 valence electrons. The van der Waals surface area contributed by atoms with Crippen molar-refractivity contribution in [2.45, 2.75) is 111 Å². The highest BCUT2D eigenvalue weighted by Crippen LogP contribution is 2.41. The molecule has 0 amide bonds. The third-order valence-corrected chi connectivity index (χ3v) is 15.3. The molecule has 0 saturated carbocycles. The largest absolute Gasteiger partial charge is 0.412 e. The second-order valence-corrected chi connectivity index (χ2v) is 20.5. The van der Waals surface area contributed by atoms with Crippen LogP contribution in [0.15, 0.2) is 11.6 Å². The fraction of sp³-hybridized carbons (Fsp3) is 0.905. The molecule has 0 aliphatic carbocycles. The first kappa shape index (κ1) is 26.1. The molecule has 3 atom stereocenters. The van der Waals surface area contributed by atoms with Gasteiger partial charge < -0.3 is 14.0 Å². The van der Waals surface area contributed by atoms with Gasteiger partial charge in [-0.1, -0.05) is 60.1 Å². The number of hydrogen-bond acceptors (Lipinski definition) is 3. The molecule has 0 aromatic heterocycles. The second kappa shape index (κ2) is 9.04. The van der Waals surface area contributed by atoms with Gasteiger partial charge in [-0.15, -0.1) is 0 Å². The van der Waals surface area contributed by atoms with E-state index < -0.39 is 16.6 Å². The topological polar surface area (TPSA) is 38.7 Å². The molecule has 0 aromatic carbocycles. The molecular weight excluding hydrogens is 356 g/mol. The summed E-state index contributed by atoms with van der Waals surface area (Å²) in [6, 6.07) is 0. The highest BCUT2D eigenvalue weighted by Gasteiger charge is 2.44. The average molecular weight is 403 g/mol. The molecule has 26 heavy (non-hydrogen) atoms. The van der Waals surface area contributed by atoms with Crippen molar-refractivity contribution in [1.82, 2.24) is 0 Å². The van der Waals surface area contributed by atoms with Gasteiger partial charge in [0.25, 0.3) is 0 Å². The van der Waals surface area contributed by atoms with Crippen LogP contribution in [0, 0.1) is 5.92 Å². The van der Waals surface area contributed by atoms with Crippen LogP contribution in [0.2, 0.25) is 36.3 Å². The van der Waals surface area contributed by atoms with Gasteiger partial charge in [-0.2, -0.15) is 0 Å². The molecule has 0 spiro atoms.